The van der Waals surface area contributed by atoms with Crippen LogP contribution in [0.3, 0.4) is 0 Å². The number of hydrogen-bond donors (Lipinski definition) is 1. The lowest BCUT2D eigenvalue weighted by molar-refractivity contribution is -0.109. The van der Waals surface area contributed by atoms with E-state index < -0.39 is 0 Å². The van der Waals surface area contributed by atoms with Crippen molar-refractivity contribution < 1.29 is 4.79 Å². The van der Waals surface area contributed by atoms with Gasteiger partial charge in [0.05, 0.1) is 0 Å². The molecule has 1 N–H and O–H groups in total. The third-order valence-corrected chi connectivity index (χ3v) is 1.05. The number of nitrogens with one attached hydrogen (secondary N) is 1. The predicted molar refractivity (Wildman–Crippen MR) is 54.1 cm³/mol. The molecule has 3 heteroatoms. The molecule has 0 bridgehead atoms. The highest BCUT2D eigenvalue weighted by molar-refractivity contribution is 6.04. The summed E-state index contributed by atoms with van der Waals surface area (Å²) in [5.74, 6) is 4.73. The first-order chi connectivity index (χ1) is 6.06. The molecule has 0 spiro atoms. The highest BCUT2D eigenvalue weighted by Gasteiger charge is 1.91. The molecular formula is C10H14N2O. The Morgan fingerprint density at radius 1 is 1.38 bits per heavy atom. The Balaban J connectivity index is 4.23. The first-order valence-corrected chi connectivity index (χ1v) is 3.98. The Morgan fingerprint density at radius 2 is 2.00 bits per heavy atom. The molecule has 0 fully saturated rings. The van der Waals surface area contributed by atoms with Gasteiger partial charge in [0.2, 0.25) is 5.78 Å². The van der Waals surface area contributed by atoms with E-state index in [4.69, 9.17) is 0 Å². The van der Waals surface area contributed by atoms with Gasteiger partial charge in [-0.3, -0.25) is 10.2 Å². The number of nitrogens with zero attached hydrogens (tertiary/aromatic N) is 1. The molecule has 0 aromatic rings. The van der Waals surface area contributed by atoms with E-state index in [2.05, 4.69) is 22.4 Å². The number of ketones is 1. The average molecular weight is 178 g/mol. The van der Waals surface area contributed by atoms with Crippen LogP contribution in [0.5, 0.6) is 0 Å². The van der Waals surface area contributed by atoms with Crippen LogP contribution in [-0.2, 0) is 4.79 Å². The fourth-order valence-electron chi connectivity index (χ4n) is 0.588. The summed E-state index contributed by atoms with van der Waals surface area (Å²) >= 11 is 0. The molecule has 0 unspecified atom stereocenters. The zero-order valence-electron chi connectivity index (χ0n) is 8.43. The molecule has 0 aliphatic rings. The van der Waals surface area contributed by atoms with E-state index in [1.165, 1.54) is 6.08 Å². The molecule has 0 aliphatic carbocycles. The SMILES string of the molecule is CC#CC(=O)/C=C(\C)NN=C(C)C. The second-order valence-electron chi connectivity index (χ2n) is 2.74. The zero-order valence-corrected chi connectivity index (χ0v) is 8.43. The number of rotatable bonds is 3. The first kappa shape index (κ1) is 11.4. The lowest BCUT2D eigenvalue weighted by Crippen LogP contribution is -2.06. The van der Waals surface area contributed by atoms with E-state index in [-0.39, 0.29) is 5.78 Å². The van der Waals surface area contributed by atoms with Crippen LogP contribution in [0, 0.1) is 11.8 Å². The molecule has 13 heavy (non-hydrogen) atoms. The third kappa shape index (κ3) is 6.82. The summed E-state index contributed by atoms with van der Waals surface area (Å²) in [6.07, 6.45) is 1.42. The molecule has 0 heterocycles. The molecule has 0 rings (SSSR count). The minimum Gasteiger partial charge on any atom is -0.283 e. The van der Waals surface area contributed by atoms with Crippen molar-refractivity contribution >= 4 is 11.5 Å². The van der Waals surface area contributed by atoms with Gasteiger partial charge in [0.25, 0.3) is 0 Å². The summed E-state index contributed by atoms with van der Waals surface area (Å²) in [4.78, 5) is 11.0. The van der Waals surface area contributed by atoms with Gasteiger partial charge < -0.3 is 0 Å². The number of hydrogen-bond acceptors (Lipinski definition) is 3. The monoisotopic (exact) mass is 178 g/mol. The van der Waals surface area contributed by atoms with Crippen molar-refractivity contribution in [1.29, 1.82) is 0 Å². The molecule has 0 aromatic carbocycles. The standard InChI is InChI=1S/C10H14N2O/c1-5-6-10(13)7-9(4)12-11-8(2)3/h7,12H,1-4H3/b9-7+. The van der Waals surface area contributed by atoms with Gasteiger partial charge >= 0.3 is 0 Å². The molecule has 0 amide bonds. The van der Waals surface area contributed by atoms with Crippen LogP contribution in [0.2, 0.25) is 0 Å². The highest BCUT2D eigenvalue weighted by atomic mass is 16.1. The molecule has 0 saturated heterocycles. The van der Waals surface area contributed by atoms with Crippen LogP contribution in [0.25, 0.3) is 0 Å². The topological polar surface area (TPSA) is 41.5 Å². The fraction of sp³-hybridized carbons (Fsp3) is 0.400. The van der Waals surface area contributed by atoms with Crippen molar-refractivity contribution in [1.82, 2.24) is 5.43 Å². The van der Waals surface area contributed by atoms with E-state index in [1.54, 1.807) is 13.8 Å². The number of carbonyl (C=O) groups excluding carboxylic acids is 1. The lowest BCUT2D eigenvalue weighted by atomic mass is 10.3. The molecule has 70 valence electrons. The smallest absolute Gasteiger partial charge is 0.230 e. The zero-order chi connectivity index (χ0) is 10.3. The third-order valence-electron chi connectivity index (χ3n) is 1.05. The number of carbonyl (C=O) groups is 1. The maximum atomic E-state index is 11.0. The van der Waals surface area contributed by atoms with Gasteiger partial charge in [-0.05, 0) is 33.6 Å². The van der Waals surface area contributed by atoms with Gasteiger partial charge in [0.15, 0.2) is 0 Å². The van der Waals surface area contributed by atoms with Crippen LogP contribution in [-0.4, -0.2) is 11.5 Å². The highest BCUT2D eigenvalue weighted by Crippen LogP contribution is 1.87. The molecule has 0 radical (unpaired) electrons. The summed E-state index contributed by atoms with van der Waals surface area (Å²) in [6.45, 7) is 7.13. The van der Waals surface area contributed by atoms with Crippen molar-refractivity contribution in [2.45, 2.75) is 27.7 Å². The van der Waals surface area contributed by atoms with E-state index >= 15 is 0 Å². The molecule has 3 nitrogen and oxygen atoms in total. The van der Waals surface area contributed by atoms with Crippen LogP contribution < -0.4 is 5.43 Å². The van der Waals surface area contributed by atoms with E-state index in [9.17, 15) is 4.79 Å². The van der Waals surface area contributed by atoms with Crippen LogP contribution in [0.1, 0.15) is 27.7 Å². The summed E-state index contributed by atoms with van der Waals surface area (Å²) < 4.78 is 0. The molecular weight excluding hydrogens is 164 g/mol. The van der Waals surface area contributed by atoms with Crippen LogP contribution >= 0.6 is 0 Å². The summed E-state index contributed by atoms with van der Waals surface area (Å²) in [7, 11) is 0. The summed E-state index contributed by atoms with van der Waals surface area (Å²) in [6, 6.07) is 0. The normalized spacial score (nSPS) is 9.69. The fourth-order valence-corrected chi connectivity index (χ4v) is 0.588. The van der Waals surface area contributed by atoms with Gasteiger partial charge in [-0.2, -0.15) is 5.10 Å². The van der Waals surface area contributed by atoms with Gasteiger partial charge in [-0.25, -0.2) is 0 Å². The van der Waals surface area contributed by atoms with E-state index in [0.29, 0.717) is 5.70 Å². The second-order valence-corrected chi connectivity index (χ2v) is 2.74. The Hall–Kier alpha value is -1.56. The Kier molecular flexibility index (Phi) is 5.29. The Morgan fingerprint density at radius 3 is 2.46 bits per heavy atom. The van der Waals surface area contributed by atoms with E-state index in [0.717, 1.165) is 5.71 Å². The van der Waals surface area contributed by atoms with E-state index in [1.807, 2.05) is 13.8 Å². The van der Waals surface area contributed by atoms with Gasteiger partial charge in [-0.1, -0.05) is 5.92 Å². The first-order valence-electron chi connectivity index (χ1n) is 3.98. The number of allylic oxidation sites excluding steroid dienone is 2. The number of hydrazone groups is 1. The molecule has 0 aliphatic heterocycles. The van der Waals surface area contributed by atoms with Crippen molar-refractivity contribution in [2.24, 2.45) is 5.10 Å². The van der Waals surface area contributed by atoms with Gasteiger partial charge in [0.1, 0.15) is 0 Å². The second kappa shape index (κ2) is 6.01. The quantitative estimate of drug-likeness (QED) is 0.234. The molecule has 0 atom stereocenters. The maximum Gasteiger partial charge on any atom is 0.230 e. The van der Waals surface area contributed by atoms with Crippen LogP contribution in [0.15, 0.2) is 16.9 Å². The Labute approximate surface area is 78.9 Å². The molecule has 0 aromatic heterocycles. The lowest BCUT2D eigenvalue weighted by Gasteiger charge is -1.98. The average Bonchev–Trinajstić information content (AvgIpc) is 2.01. The Bertz CT molecular complexity index is 299. The van der Waals surface area contributed by atoms with Gasteiger partial charge in [-0.15, -0.1) is 0 Å². The summed E-state index contributed by atoms with van der Waals surface area (Å²) in [5.41, 5.74) is 4.33. The largest absolute Gasteiger partial charge is 0.283 e. The van der Waals surface area contributed by atoms with Crippen molar-refractivity contribution in [2.75, 3.05) is 0 Å². The predicted octanol–water partition coefficient (Wildman–Crippen LogP) is 1.47. The summed E-state index contributed by atoms with van der Waals surface area (Å²) in [5, 5.41) is 3.94. The van der Waals surface area contributed by atoms with Crippen molar-refractivity contribution in [3.63, 3.8) is 0 Å². The van der Waals surface area contributed by atoms with Gasteiger partial charge in [0, 0.05) is 17.5 Å². The molecule has 0 saturated carbocycles. The minimum atomic E-state index is -0.212. The van der Waals surface area contributed by atoms with Crippen molar-refractivity contribution in [3.8, 4) is 11.8 Å². The maximum absolute atomic E-state index is 11.0. The minimum absolute atomic E-state index is 0.212. The van der Waals surface area contributed by atoms with Crippen LogP contribution in [0.4, 0.5) is 0 Å². The van der Waals surface area contributed by atoms with Crippen molar-refractivity contribution in [3.05, 3.63) is 11.8 Å².